The summed E-state index contributed by atoms with van der Waals surface area (Å²) in [7, 11) is 0. The van der Waals surface area contributed by atoms with Gasteiger partial charge in [0.1, 0.15) is 20.1 Å². The molecule has 0 saturated carbocycles. The molecule has 0 aliphatic heterocycles. The first kappa shape index (κ1) is 9.71. The molecule has 0 N–H and O–H groups in total. The lowest BCUT2D eigenvalue weighted by atomic mass is 10.8. The Kier molecular flexibility index (Phi) is 6.63. The van der Waals surface area contributed by atoms with Crippen molar-refractivity contribution in [3.8, 4) is 0 Å². The van der Waals surface area contributed by atoms with Crippen molar-refractivity contribution in [3.05, 3.63) is 0 Å². The molecule has 62 valence electrons. The van der Waals surface area contributed by atoms with Crippen LogP contribution in [-0.2, 0) is 9.47 Å². The molecule has 10 heavy (non-hydrogen) atoms. The van der Waals surface area contributed by atoms with E-state index >= 15 is 0 Å². The summed E-state index contributed by atoms with van der Waals surface area (Å²) in [6, 6.07) is 0. The van der Waals surface area contributed by atoms with Crippen LogP contribution in [0.2, 0.25) is 0 Å². The Balaban J connectivity index is 2.77. The maximum absolute atomic E-state index is 11.3. The van der Waals surface area contributed by atoms with Crippen LogP contribution in [-0.4, -0.2) is 33.1 Å². The zero-order valence-corrected chi connectivity index (χ0v) is 5.36. The van der Waals surface area contributed by atoms with E-state index in [2.05, 4.69) is 9.47 Å². The van der Waals surface area contributed by atoms with Gasteiger partial charge >= 0.3 is 0 Å². The van der Waals surface area contributed by atoms with Crippen molar-refractivity contribution >= 4 is 0 Å². The van der Waals surface area contributed by atoms with Gasteiger partial charge < -0.3 is 9.47 Å². The van der Waals surface area contributed by atoms with Crippen molar-refractivity contribution < 1.29 is 22.6 Å². The van der Waals surface area contributed by atoms with Crippen molar-refractivity contribution in [2.24, 2.45) is 0 Å². The van der Waals surface area contributed by atoms with E-state index in [-0.39, 0.29) is 13.4 Å². The zero-order valence-electron chi connectivity index (χ0n) is 5.36. The molecule has 0 saturated heterocycles. The first-order valence-electron chi connectivity index (χ1n) is 2.77. The van der Waals surface area contributed by atoms with Gasteiger partial charge in [0, 0.05) is 0 Å². The van der Waals surface area contributed by atoms with E-state index in [1.165, 1.54) is 0 Å². The molecule has 0 aliphatic rings. The van der Waals surface area contributed by atoms with Crippen LogP contribution in [0.4, 0.5) is 13.2 Å². The van der Waals surface area contributed by atoms with Gasteiger partial charge in [-0.3, -0.25) is 0 Å². The summed E-state index contributed by atoms with van der Waals surface area (Å²) in [5.74, 6) is 0. The molecule has 0 unspecified atom stereocenters. The topological polar surface area (TPSA) is 18.5 Å². The predicted molar refractivity (Wildman–Crippen MR) is 28.7 cm³/mol. The molecule has 0 aliphatic carbocycles. The first-order valence-corrected chi connectivity index (χ1v) is 2.77. The molecule has 0 spiro atoms. The van der Waals surface area contributed by atoms with Crippen LogP contribution >= 0.6 is 0 Å². The molecule has 0 fully saturated rings. The first-order chi connectivity index (χ1) is 4.77. The lowest BCUT2D eigenvalue weighted by molar-refractivity contribution is -0.0877. The minimum atomic E-state index is -2.49. The highest BCUT2D eigenvalue weighted by Gasteiger charge is 2.00. The summed E-state index contributed by atoms with van der Waals surface area (Å²) < 4.78 is 42.5. The molecular weight excluding hydrogens is 149 g/mol. The van der Waals surface area contributed by atoms with E-state index in [0.717, 1.165) is 0 Å². The molecule has 0 aromatic heterocycles. The van der Waals surface area contributed by atoms with Gasteiger partial charge in [0.25, 0.3) is 6.43 Å². The molecule has 0 amide bonds. The molecule has 0 rings (SSSR count). The van der Waals surface area contributed by atoms with E-state index in [1.54, 1.807) is 0 Å². The maximum Gasteiger partial charge on any atom is 0.261 e. The second-order valence-corrected chi connectivity index (χ2v) is 1.48. The van der Waals surface area contributed by atoms with E-state index < -0.39 is 19.7 Å². The standard InChI is InChI=1S/C5H9F3O2/c6-1-2-9-4-10-3-5(7)8/h5H,1-4H2. The van der Waals surface area contributed by atoms with Gasteiger partial charge in [-0.05, 0) is 0 Å². The third-order valence-electron chi connectivity index (χ3n) is 0.632. The SMILES string of the molecule is FCCOCOCC(F)F. The number of hydrogen-bond donors (Lipinski definition) is 0. The molecule has 5 heteroatoms. The van der Waals surface area contributed by atoms with E-state index in [0.29, 0.717) is 0 Å². The van der Waals surface area contributed by atoms with E-state index in [4.69, 9.17) is 0 Å². The van der Waals surface area contributed by atoms with Gasteiger partial charge in [-0.15, -0.1) is 0 Å². The van der Waals surface area contributed by atoms with Crippen LogP contribution in [0.1, 0.15) is 0 Å². The fraction of sp³-hybridized carbons (Fsp3) is 1.00. The van der Waals surface area contributed by atoms with Crippen LogP contribution in [0, 0.1) is 0 Å². The summed E-state index contributed by atoms with van der Waals surface area (Å²) in [6.07, 6.45) is -2.49. The molecule has 0 atom stereocenters. The summed E-state index contributed by atoms with van der Waals surface area (Å²) in [4.78, 5) is 0. The Hall–Kier alpha value is -0.290. The van der Waals surface area contributed by atoms with Gasteiger partial charge in [0.05, 0.1) is 6.61 Å². The van der Waals surface area contributed by atoms with Crippen molar-refractivity contribution in [2.75, 3.05) is 26.7 Å². The quantitative estimate of drug-likeness (QED) is 0.427. The Labute approximate surface area is 56.9 Å². The van der Waals surface area contributed by atoms with E-state index in [1.807, 2.05) is 0 Å². The third-order valence-corrected chi connectivity index (χ3v) is 0.632. The van der Waals surface area contributed by atoms with Crippen molar-refractivity contribution in [3.63, 3.8) is 0 Å². The number of hydrogen-bond acceptors (Lipinski definition) is 2. The number of halogens is 3. The molecule has 0 bridgehead atoms. The second-order valence-electron chi connectivity index (χ2n) is 1.48. The van der Waals surface area contributed by atoms with Crippen LogP contribution in [0.3, 0.4) is 0 Å². The van der Waals surface area contributed by atoms with Crippen LogP contribution in [0.25, 0.3) is 0 Å². The molecule has 0 aromatic rings. The minimum Gasteiger partial charge on any atom is -0.353 e. The minimum absolute atomic E-state index is 0.108. The maximum atomic E-state index is 11.3. The summed E-state index contributed by atoms with van der Waals surface area (Å²) in [5.41, 5.74) is 0. The highest BCUT2D eigenvalue weighted by Crippen LogP contribution is 1.91. The predicted octanol–water partition coefficient (Wildman–Crippen LogP) is 1.21. The van der Waals surface area contributed by atoms with E-state index in [9.17, 15) is 13.2 Å². The third kappa shape index (κ3) is 7.71. The molecule has 0 heterocycles. The van der Waals surface area contributed by atoms with Crippen LogP contribution in [0.5, 0.6) is 0 Å². The van der Waals surface area contributed by atoms with Gasteiger partial charge in [-0.2, -0.15) is 0 Å². The number of ether oxygens (including phenoxy) is 2. The summed E-state index contributed by atoms with van der Waals surface area (Å²) in [5, 5.41) is 0. The monoisotopic (exact) mass is 158 g/mol. The highest BCUT2D eigenvalue weighted by molar-refractivity contribution is 4.29. The normalized spacial score (nSPS) is 10.8. The van der Waals surface area contributed by atoms with Gasteiger partial charge in [0.15, 0.2) is 0 Å². The lowest BCUT2D eigenvalue weighted by Gasteiger charge is -2.01. The van der Waals surface area contributed by atoms with Gasteiger partial charge in [0.2, 0.25) is 0 Å². The number of rotatable bonds is 6. The zero-order chi connectivity index (χ0) is 7.82. The fourth-order valence-electron chi connectivity index (χ4n) is 0.310. The Morgan fingerprint density at radius 2 is 1.90 bits per heavy atom. The average molecular weight is 158 g/mol. The Morgan fingerprint density at radius 1 is 1.20 bits per heavy atom. The second kappa shape index (κ2) is 6.82. The number of alkyl halides is 3. The summed E-state index contributed by atoms with van der Waals surface area (Å²) >= 11 is 0. The van der Waals surface area contributed by atoms with Crippen LogP contribution in [0.15, 0.2) is 0 Å². The van der Waals surface area contributed by atoms with Crippen molar-refractivity contribution in [1.29, 1.82) is 0 Å². The van der Waals surface area contributed by atoms with Gasteiger partial charge in [-0.1, -0.05) is 0 Å². The molecule has 0 aromatic carbocycles. The Morgan fingerprint density at radius 3 is 2.40 bits per heavy atom. The van der Waals surface area contributed by atoms with Crippen LogP contribution < -0.4 is 0 Å². The van der Waals surface area contributed by atoms with Crippen molar-refractivity contribution in [2.45, 2.75) is 6.43 Å². The Bertz CT molecular complexity index is 69.9. The lowest BCUT2D eigenvalue weighted by Crippen LogP contribution is -2.08. The molecule has 2 nitrogen and oxygen atoms in total. The largest absolute Gasteiger partial charge is 0.353 e. The van der Waals surface area contributed by atoms with Gasteiger partial charge in [-0.25, -0.2) is 13.2 Å². The smallest absolute Gasteiger partial charge is 0.261 e. The fourth-order valence-corrected chi connectivity index (χ4v) is 0.310. The average Bonchev–Trinajstić information content (AvgIpc) is 1.87. The van der Waals surface area contributed by atoms with Crippen molar-refractivity contribution in [1.82, 2.24) is 0 Å². The summed E-state index contributed by atoms with van der Waals surface area (Å²) in [6.45, 7) is -1.66. The molecular formula is C5H9F3O2. The molecule has 0 radical (unpaired) electrons. The highest BCUT2D eigenvalue weighted by atomic mass is 19.3.